The van der Waals surface area contributed by atoms with E-state index >= 15 is 0 Å². The minimum Gasteiger partial charge on any atom is -0.394 e. The Morgan fingerprint density at radius 3 is 2.08 bits per heavy atom. The molecular weight excluding hydrogens is 358 g/mol. The molecule has 2 saturated heterocycles. The van der Waals surface area contributed by atoms with Crippen LogP contribution in [0, 0.1) is 0 Å². The molecule has 0 aromatic rings. The molecule has 0 aliphatic carbocycles. The van der Waals surface area contributed by atoms with Gasteiger partial charge in [0.1, 0.15) is 48.8 Å². The number of aliphatic hydroxyl groups is 7. The van der Waals surface area contributed by atoms with Crippen molar-refractivity contribution in [3.05, 3.63) is 0 Å². The van der Waals surface area contributed by atoms with Crippen molar-refractivity contribution in [2.75, 3.05) is 13.2 Å². The zero-order chi connectivity index (χ0) is 19.6. The lowest BCUT2D eigenvalue weighted by molar-refractivity contribution is -0.341. The maximum absolute atomic E-state index is 11.4. The van der Waals surface area contributed by atoms with Crippen LogP contribution < -0.4 is 5.32 Å². The summed E-state index contributed by atoms with van der Waals surface area (Å²) in [4.78, 5) is 11.4. The molecule has 12 heteroatoms. The van der Waals surface area contributed by atoms with Crippen molar-refractivity contribution in [1.29, 1.82) is 0 Å². The van der Waals surface area contributed by atoms with Gasteiger partial charge >= 0.3 is 0 Å². The van der Waals surface area contributed by atoms with E-state index in [-0.39, 0.29) is 0 Å². The minimum absolute atomic E-state index is 0.574. The van der Waals surface area contributed by atoms with Crippen molar-refractivity contribution in [1.82, 2.24) is 5.32 Å². The van der Waals surface area contributed by atoms with Crippen molar-refractivity contribution < 1.29 is 54.8 Å². The molecule has 2 fully saturated rings. The molecule has 10 atom stereocenters. The highest BCUT2D eigenvalue weighted by Gasteiger charge is 2.50. The van der Waals surface area contributed by atoms with Gasteiger partial charge in [-0.3, -0.25) is 4.79 Å². The molecule has 0 radical (unpaired) electrons. The average molecular weight is 383 g/mol. The predicted molar refractivity (Wildman–Crippen MR) is 80.2 cm³/mol. The second-order valence-electron chi connectivity index (χ2n) is 6.26. The number of ether oxygens (including phenoxy) is 3. The molecule has 2 aliphatic heterocycles. The fourth-order valence-corrected chi connectivity index (χ4v) is 2.98. The monoisotopic (exact) mass is 383 g/mol. The zero-order valence-electron chi connectivity index (χ0n) is 14.0. The van der Waals surface area contributed by atoms with E-state index in [0.29, 0.717) is 0 Å². The molecule has 0 aromatic carbocycles. The van der Waals surface area contributed by atoms with E-state index in [9.17, 15) is 40.5 Å². The number of aliphatic hydroxyl groups excluding tert-OH is 7. The molecule has 0 saturated carbocycles. The third-order valence-corrected chi connectivity index (χ3v) is 4.38. The van der Waals surface area contributed by atoms with Gasteiger partial charge in [-0.1, -0.05) is 0 Å². The summed E-state index contributed by atoms with van der Waals surface area (Å²) in [6.45, 7) is -0.194. The molecule has 1 amide bonds. The summed E-state index contributed by atoms with van der Waals surface area (Å²) in [7, 11) is 0. The van der Waals surface area contributed by atoms with Gasteiger partial charge in [-0.15, -0.1) is 0 Å². The number of hydrogen-bond donors (Lipinski definition) is 8. The summed E-state index contributed by atoms with van der Waals surface area (Å²) >= 11 is 0. The normalized spacial score (nSPS) is 46.8. The Hall–Kier alpha value is -0.930. The summed E-state index contributed by atoms with van der Waals surface area (Å²) in [5.41, 5.74) is 0. The lowest BCUT2D eigenvalue weighted by Gasteiger charge is -2.46. The number of carbonyl (C=O) groups is 1. The standard InChI is InChI=1S/C14H25NO11/c1-4(18)15-7-9(20)8(19)5(2-16)25-14(7)26-12-6(3-17)24-13(23)11(22)10(12)21/h5-14,16-17,19-23H,2-3H2,1H3,(H,15,18)/t5-,6-,7-,8+,9-,10-,11-,12-,13+,14+/m1/s1. The van der Waals surface area contributed by atoms with Gasteiger partial charge in [0.25, 0.3) is 0 Å². The van der Waals surface area contributed by atoms with Gasteiger partial charge in [0.05, 0.1) is 13.2 Å². The first kappa shape index (κ1) is 21.4. The molecule has 26 heavy (non-hydrogen) atoms. The predicted octanol–water partition coefficient (Wildman–Crippen LogP) is -5.25. The first-order valence-corrected chi connectivity index (χ1v) is 8.06. The molecule has 2 aliphatic rings. The highest BCUT2D eigenvalue weighted by atomic mass is 16.7. The van der Waals surface area contributed by atoms with Crippen molar-refractivity contribution in [2.45, 2.75) is 68.3 Å². The van der Waals surface area contributed by atoms with Crippen LogP contribution in [0.25, 0.3) is 0 Å². The van der Waals surface area contributed by atoms with E-state index in [2.05, 4.69) is 5.32 Å². The number of nitrogens with one attached hydrogen (secondary N) is 1. The molecule has 12 nitrogen and oxygen atoms in total. The maximum Gasteiger partial charge on any atom is 0.217 e. The van der Waals surface area contributed by atoms with Crippen LogP contribution in [0.4, 0.5) is 0 Å². The van der Waals surface area contributed by atoms with Crippen LogP contribution in [-0.2, 0) is 19.0 Å². The van der Waals surface area contributed by atoms with Crippen molar-refractivity contribution in [2.24, 2.45) is 0 Å². The third-order valence-electron chi connectivity index (χ3n) is 4.38. The second kappa shape index (κ2) is 8.84. The molecular formula is C14H25NO11. The number of hydrogen-bond acceptors (Lipinski definition) is 11. The van der Waals surface area contributed by atoms with Crippen LogP contribution in [0.1, 0.15) is 6.92 Å². The summed E-state index contributed by atoms with van der Waals surface area (Å²) in [5, 5.41) is 70.5. The fourth-order valence-electron chi connectivity index (χ4n) is 2.98. The van der Waals surface area contributed by atoms with E-state index in [1.54, 1.807) is 0 Å². The van der Waals surface area contributed by atoms with E-state index in [0.717, 1.165) is 6.92 Å². The van der Waals surface area contributed by atoms with Crippen LogP contribution in [0.2, 0.25) is 0 Å². The van der Waals surface area contributed by atoms with E-state index in [1.165, 1.54) is 0 Å². The lowest BCUT2D eigenvalue weighted by atomic mass is 9.95. The molecule has 0 bridgehead atoms. The van der Waals surface area contributed by atoms with Gasteiger partial charge in [-0.05, 0) is 0 Å². The van der Waals surface area contributed by atoms with Crippen molar-refractivity contribution in [3.63, 3.8) is 0 Å². The second-order valence-corrected chi connectivity index (χ2v) is 6.26. The van der Waals surface area contributed by atoms with Crippen LogP contribution in [0.5, 0.6) is 0 Å². The Kier molecular flexibility index (Phi) is 7.27. The van der Waals surface area contributed by atoms with Crippen molar-refractivity contribution >= 4 is 5.91 Å². The molecule has 2 heterocycles. The minimum atomic E-state index is -1.75. The first-order valence-electron chi connectivity index (χ1n) is 8.06. The molecule has 8 N–H and O–H groups in total. The summed E-state index contributed by atoms with van der Waals surface area (Å²) in [6, 6.07) is -1.28. The van der Waals surface area contributed by atoms with Crippen LogP contribution in [-0.4, -0.2) is 116 Å². The van der Waals surface area contributed by atoms with Gasteiger partial charge in [0, 0.05) is 6.92 Å². The summed E-state index contributed by atoms with van der Waals surface area (Å²) in [5.74, 6) is -0.574. The van der Waals surface area contributed by atoms with Gasteiger partial charge < -0.3 is 55.3 Å². The fraction of sp³-hybridized carbons (Fsp3) is 0.929. The molecule has 152 valence electrons. The largest absolute Gasteiger partial charge is 0.394 e. The lowest BCUT2D eigenvalue weighted by Crippen LogP contribution is -2.67. The highest BCUT2D eigenvalue weighted by Crippen LogP contribution is 2.28. The van der Waals surface area contributed by atoms with Crippen LogP contribution >= 0.6 is 0 Å². The Morgan fingerprint density at radius 1 is 0.923 bits per heavy atom. The highest BCUT2D eigenvalue weighted by molar-refractivity contribution is 5.73. The molecule has 0 aromatic heterocycles. The Bertz CT molecular complexity index is 478. The van der Waals surface area contributed by atoms with Gasteiger partial charge in [0.15, 0.2) is 12.6 Å². The Balaban J connectivity index is 2.22. The zero-order valence-corrected chi connectivity index (χ0v) is 14.0. The third kappa shape index (κ3) is 4.31. The summed E-state index contributed by atoms with van der Waals surface area (Å²) < 4.78 is 15.8. The van der Waals surface area contributed by atoms with Crippen LogP contribution in [0.3, 0.4) is 0 Å². The quantitative estimate of drug-likeness (QED) is 0.226. The Morgan fingerprint density at radius 2 is 1.54 bits per heavy atom. The van der Waals surface area contributed by atoms with Gasteiger partial charge in [0.2, 0.25) is 5.91 Å². The first-order chi connectivity index (χ1) is 12.2. The smallest absolute Gasteiger partial charge is 0.217 e. The molecule has 2 rings (SSSR count). The van der Waals surface area contributed by atoms with Gasteiger partial charge in [-0.25, -0.2) is 0 Å². The molecule has 0 unspecified atom stereocenters. The van der Waals surface area contributed by atoms with Crippen molar-refractivity contribution in [3.8, 4) is 0 Å². The number of amides is 1. The maximum atomic E-state index is 11.4. The topological polar surface area (TPSA) is 198 Å². The molecule has 0 spiro atoms. The SMILES string of the molecule is CC(=O)N[C@H]1[C@H](O[C@H]2[C@H](O)[C@@H](O)[C@@H](O)O[C@@H]2CO)O[C@H](CO)[C@H](O)[C@@H]1O. The summed E-state index contributed by atoms with van der Waals surface area (Å²) in [6.07, 6.45) is -13.6. The van der Waals surface area contributed by atoms with E-state index < -0.39 is 80.5 Å². The number of rotatable bonds is 5. The van der Waals surface area contributed by atoms with Crippen LogP contribution in [0.15, 0.2) is 0 Å². The average Bonchev–Trinajstić information content (AvgIpc) is 2.60. The van der Waals surface area contributed by atoms with Gasteiger partial charge in [-0.2, -0.15) is 0 Å². The Labute approximate surface area is 148 Å². The van der Waals surface area contributed by atoms with E-state index in [1.807, 2.05) is 0 Å². The number of carbonyl (C=O) groups excluding carboxylic acids is 1. The van der Waals surface area contributed by atoms with E-state index in [4.69, 9.17) is 14.2 Å².